The number of nitrogens with two attached hydrogens (primary N) is 2. The second-order valence-corrected chi connectivity index (χ2v) is 24.9. The largest absolute Gasteiger partial charge is 0.494 e. The van der Waals surface area contributed by atoms with E-state index in [1.54, 1.807) is 37.3 Å². The van der Waals surface area contributed by atoms with Crippen LogP contribution >= 0.6 is 0 Å². The Morgan fingerprint density at radius 3 is 1.88 bits per heavy atom. The number of carbonyl (C=O) groups is 6. The number of hydrogen-bond acceptors (Lipinski definition) is 32. The lowest BCUT2D eigenvalue weighted by Crippen LogP contribution is -2.70. The van der Waals surface area contributed by atoms with Gasteiger partial charge in [-0.3, -0.25) is 38.8 Å². The molecule has 38 nitrogen and oxygen atoms in total. The Kier molecular flexibility index (Phi) is 26.1. The third-order valence-corrected chi connectivity index (χ3v) is 18.1. The molecule has 5 unspecified atom stereocenters. The highest BCUT2D eigenvalue weighted by atomic mass is 19.1. The van der Waals surface area contributed by atoms with Crippen LogP contribution in [0.25, 0.3) is 0 Å². The number of nitrogens with one attached hydrogen (secondary N) is 7. The third kappa shape index (κ3) is 17.8. The van der Waals surface area contributed by atoms with Crippen LogP contribution in [0, 0.1) is 5.82 Å². The van der Waals surface area contributed by atoms with Crippen molar-refractivity contribution in [1.82, 2.24) is 42.1 Å². The number of ether oxygens (including phenoxy) is 7. The summed E-state index contributed by atoms with van der Waals surface area (Å²) in [6.07, 6.45) is -32.0. The third-order valence-electron chi connectivity index (χ3n) is 18.1. The molecule has 3 aromatic carbocycles. The monoisotopic (exact) mass is 1430 g/mol. The number of guanidine groups is 2. The molecule has 0 bridgehead atoms. The molecule has 0 radical (unpaired) electrons. The predicted molar refractivity (Wildman–Crippen MR) is 339 cm³/mol. The molecule has 4 fully saturated rings. The van der Waals surface area contributed by atoms with Gasteiger partial charge in [-0.2, -0.15) is 0 Å². The van der Waals surface area contributed by atoms with E-state index in [0.29, 0.717) is 11.1 Å². The Bertz CT molecular complexity index is 3410. The maximum Gasteiger partial charge on any atom is 0.246 e. The smallest absolute Gasteiger partial charge is 0.246 e. The van der Waals surface area contributed by atoms with Gasteiger partial charge in [-0.1, -0.05) is 55.5 Å². The first-order chi connectivity index (χ1) is 48.2. The van der Waals surface area contributed by atoms with Crippen LogP contribution < -0.4 is 58.2 Å². The summed E-state index contributed by atoms with van der Waals surface area (Å²) in [5.74, 6) is -9.77. The number of methoxy groups -OCH3 is 1. The van der Waals surface area contributed by atoms with Crippen molar-refractivity contribution in [3.8, 4) is 11.5 Å². The normalized spacial score (nSPS) is 35.0. The maximum atomic E-state index is 15.2. The van der Waals surface area contributed by atoms with Crippen LogP contribution in [0.4, 0.5) is 4.39 Å². The Morgan fingerprint density at radius 2 is 1.23 bits per heavy atom. The van der Waals surface area contributed by atoms with E-state index in [-0.39, 0.29) is 36.2 Å². The van der Waals surface area contributed by atoms with Gasteiger partial charge in [0.2, 0.25) is 41.7 Å². The Labute approximate surface area is 574 Å². The van der Waals surface area contributed by atoms with Gasteiger partial charge in [0.05, 0.1) is 71.9 Å². The van der Waals surface area contributed by atoms with Crippen molar-refractivity contribution >= 4 is 47.4 Å². The van der Waals surface area contributed by atoms with Gasteiger partial charge in [0.15, 0.2) is 36.0 Å². The van der Waals surface area contributed by atoms with Crippen LogP contribution in [0.3, 0.4) is 0 Å². The molecule has 6 heterocycles. The summed E-state index contributed by atoms with van der Waals surface area (Å²) in [6, 6.07) is 4.74. The summed E-state index contributed by atoms with van der Waals surface area (Å²) < 4.78 is 53.9. The molecule has 0 aliphatic carbocycles. The van der Waals surface area contributed by atoms with Gasteiger partial charge in [0.1, 0.15) is 121 Å². The highest BCUT2D eigenvalue weighted by Crippen LogP contribution is 2.33. The van der Waals surface area contributed by atoms with Crippen molar-refractivity contribution < 1.29 is 133 Å². The molecule has 556 valence electrons. The molecular weight excluding hydrogens is 1350 g/mol. The van der Waals surface area contributed by atoms with Crippen LogP contribution in [-0.2, 0) is 65.5 Å². The van der Waals surface area contributed by atoms with Crippen molar-refractivity contribution in [2.45, 2.75) is 172 Å². The van der Waals surface area contributed by atoms with Gasteiger partial charge in [-0.25, -0.2) is 4.39 Å². The van der Waals surface area contributed by atoms with Crippen molar-refractivity contribution in [1.29, 1.82) is 0 Å². The minimum atomic E-state index is -2.36. The number of halogens is 1. The molecular formula is C62H85FN12O26. The molecule has 0 aromatic heterocycles. The summed E-state index contributed by atoms with van der Waals surface area (Å²) in [7, 11) is 1.29. The second kappa shape index (κ2) is 34.2. The Balaban J connectivity index is 0.973. The lowest BCUT2D eigenvalue weighted by atomic mass is 9.92. The maximum absolute atomic E-state index is 15.2. The first-order valence-electron chi connectivity index (χ1n) is 32.1. The first kappa shape index (κ1) is 77.0. The van der Waals surface area contributed by atoms with E-state index in [9.17, 15) is 90.0 Å². The van der Waals surface area contributed by atoms with Crippen molar-refractivity contribution in [2.75, 3.05) is 53.2 Å². The minimum Gasteiger partial charge on any atom is -0.494 e. The van der Waals surface area contributed by atoms with Crippen LogP contribution in [0.5, 0.6) is 11.5 Å². The standard InChI is InChI=1S/C62H85FN12O26/c1-24(27-6-4-3-5-7-27)39-55(92)69-30(15-25-8-11-28(12-9-25)97-59-51(89)48(86)52(36(21-78)99-59)101-60-50(88)47(85)45(83)37(100-60)23-96-22-26-10-13-34(95-2)29(63)14-26)54(91)73-40(42(80)31-16-67-61(64)71-31)57(94)74-41(56(93)70-32(19-76)53(90)66-18-38(79)72-39)43(81)33-17-68-62(65)75(33)58-49(87)46(84)44(82)35(20-77)98-58/h3-14,24,30-33,35-37,39-52,58-60,76-78,80-89H,15-23H2,1-2H3,(H2,65,68)(H,66,90)(H,69,92)(H,70,93)(H,72,79)(H,73,91)(H,74,94)(H3,64,67,71)/t24?,30-,31?,32+,33?,35-,36-,37-,39+,40+,41-,42?,43?,44-,45-,46+,47+,48-,49+,50+,51+,52-,58+,59+,60-/m1/s1. The minimum absolute atomic E-state index is 0.0148. The number of carbonyl (C=O) groups excluding carboxylic acids is 6. The topological polar surface area (TPSA) is 594 Å². The number of hydrogen-bond donors (Lipinski definition) is 22. The average molecular weight is 1430 g/mol. The molecule has 4 saturated heterocycles. The molecule has 6 aliphatic heterocycles. The van der Waals surface area contributed by atoms with Gasteiger partial charge < -0.3 is 153 Å². The fourth-order valence-corrected chi connectivity index (χ4v) is 12.3. The molecule has 25 atom stereocenters. The van der Waals surface area contributed by atoms with Crippen molar-refractivity contribution in [3.05, 3.63) is 95.3 Å². The van der Waals surface area contributed by atoms with E-state index >= 15 is 9.59 Å². The number of aliphatic hydroxyl groups is 13. The molecule has 24 N–H and O–H groups in total. The van der Waals surface area contributed by atoms with Crippen LogP contribution in [0.15, 0.2) is 82.8 Å². The summed E-state index contributed by atoms with van der Waals surface area (Å²) in [6.45, 7) is -3.85. The summed E-state index contributed by atoms with van der Waals surface area (Å²) in [4.78, 5) is 96.5. The number of amides is 6. The first-order valence-corrected chi connectivity index (χ1v) is 32.1. The molecule has 6 aliphatic rings. The SMILES string of the molecule is COc1ccc(COC[C@H]2O[C@H](O[C@H]3[C@H](O)[C@H](O)[C@@H](Oc4ccc(C[C@H]5NC(=O)[C@H](C(C)c6ccccc6)NC(=O)CNC(=O)[C@H](CO)NC(=O)[C@@H](C(O)C6CN=C(N)N6[C@H]6O[C@H](CO)[C@@H](O)[C@H](O)[C@@H]6O)NC(=O)[C@H](C(O)C6CN=C(N)N6)NC5=O)cc4)O[C@@H]3CO)[C@@H](O)[C@@H](O)[C@@H]2O)cc1F. The number of rotatable bonds is 21. The van der Waals surface area contributed by atoms with Gasteiger partial charge in [0.25, 0.3) is 0 Å². The van der Waals surface area contributed by atoms with Crippen molar-refractivity contribution in [2.24, 2.45) is 21.5 Å². The summed E-state index contributed by atoms with van der Waals surface area (Å²) >= 11 is 0. The second-order valence-electron chi connectivity index (χ2n) is 24.9. The number of benzene rings is 3. The van der Waals surface area contributed by atoms with Gasteiger partial charge in [0, 0.05) is 12.3 Å². The van der Waals surface area contributed by atoms with Gasteiger partial charge in [-0.15, -0.1) is 0 Å². The molecule has 0 spiro atoms. The lowest BCUT2D eigenvalue weighted by molar-refractivity contribution is -0.353. The van der Waals surface area contributed by atoms with E-state index in [4.69, 9.17) is 44.6 Å². The zero-order chi connectivity index (χ0) is 73.3. The highest BCUT2D eigenvalue weighted by Gasteiger charge is 2.54. The fourth-order valence-electron chi connectivity index (χ4n) is 12.3. The van der Waals surface area contributed by atoms with Crippen LogP contribution in [-0.4, -0.2) is 318 Å². The lowest BCUT2D eigenvalue weighted by Gasteiger charge is -2.46. The number of aliphatic hydroxyl groups excluding tert-OH is 13. The van der Waals surface area contributed by atoms with E-state index in [2.05, 4.69) is 47.2 Å². The van der Waals surface area contributed by atoms with Gasteiger partial charge >= 0.3 is 0 Å². The van der Waals surface area contributed by atoms with Crippen molar-refractivity contribution in [3.63, 3.8) is 0 Å². The zero-order valence-corrected chi connectivity index (χ0v) is 54.2. The van der Waals surface area contributed by atoms with Crippen LogP contribution in [0.2, 0.25) is 0 Å². The molecule has 9 rings (SSSR count). The van der Waals surface area contributed by atoms with Crippen LogP contribution in [0.1, 0.15) is 29.5 Å². The van der Waals surface area contributed by atoms with E-state index in [0.717, 1.165) is 11.0 Å². The summed E-state index contributed by atoms with van der Waals surface area (Å²) in [5.41, 5.74) is 13.2. The molecule has 6 amide bonds. The zero-order valence-electron chi connectivity index (χ0n) is 54.2. The van der Waals surface area contributed by atoms with Gasteiger partial charge in [-0.05, 0) is 41.0 Å². The molecule has 101 heavy (non-hydrogen) atoms. The molecule has 39 heteroatoms. The molecule has 3 aromatic rings. The van der Waals surface area contributed by atoms with E-state index < -0.39 is 246 Å². The number of nitrogens with zero attached hydrogens (tertiary/aromatic N) is 3. The summed E-state index contributed by atoms with van der Waals surface area (Å²) in [5, 5.41) is 160. The Morgan fingerprint density at radius 1 is 0.614 bits per heavy atom. The molecule has 0 saturated carbocycles. The van der Waals surface area contributed by atoms with E-state index in [1.807, 2.05) is 0 Å². The Hall–Kier alpha value is -8.17. The number of aliphatic imine (C=N–C) groups is 2. The highest BCUT2D eigenvalue weighted by molar-refractivity contribution is 5.98. The van der Waals surface area contributed by atoms with E-state index in [1.165, 1.54) is 43.5 Å². The average Bonchev–Trinajstić information content (AvgIpc) is 1.64. The predicted octanol–water partition coefficient (Wildman–Crippen LogP) is -11.2. The quantitative estimate of drug-likeness (QED) is 0.0471. The fraction of sp³-hybridized carbons (Fsp3) is 0.581.